The molecule has 0 aliphatic carbocycles. The second-order valence-electron chi connectivity index (χ2n) is 5.26. The average molecular weight is 257 g/mol. The van der Waals surface area contributed by atoms with Gasteiger partial charge in [-0.1, -0.05) is 42.5 Å². The Morgan fingerprint density at radius 3 is 2.42 bits per heavy atom. The fourth-order valence-electron chi connectivity index (χ4n) is 2.49. The van der Waals surface area contributed by atoms with Crippen LogP contribution in [0.2, 0.25) is 0 Å². The summed E-state index contributed by atoms with van der Waals surface area (Å²) >= 11 is 0. The van der Waals surface area contributed by atoms with Crippen molar-refractivity contribution in [3.05, 3.63) is 48.0 Å². The van der Waals surface area contributed by atoms with Crippen LogP contribution in [0.5, 0.6) is 0 Å². The Labute approximate surface area is 113 Å². The standard InChI is InChI=1S/C16H19NO2/c1-11(2)17-16(3,15(18)19)14-10-6-8-12-7-4-5-9-13(12)14/h4-11,17H,1-3H3,(H,18,19). The van der Waals surface area contributed by atoms with Crippen LogP contribution in [-0.2, 0) is 10.3 Å². The van der Waals surface area contributed by atoms with Gasteiger partial charge in [0.05, 0.1) is 0 Å². The van der Waals surface area contributed by atoms with Gasteiger partial charge in [0.25, 0.3) is 0 Å². The molecule has 3 nitrogen and oxygen atoms in total. The Morgan fingerprint density at radius 2 is 1.79 bits per heavy atom. The number of carboxylic acid groups (broad SMARTS) is 1. The number of hydrogen-bond donors (Lipinski definition) is 2. The number of benzene rings is 2. The second kappa shape index (κ2) is 5.02. The highest BCUT2D eigenvalue weighted by molar-refractivity contribution is 5.92. The Bertz CT molecular complexity index is 601. The lowest BCUT2D eigenvalue weighted by molar-refractivity contribution is -0.144. The predicted octanol–water partition coefficient (Wildman–Crippen LogP) is 3.14. The van der Waals surface area contributed by atoms with Gasteiger partial charge < -0.3 is 5.11 Å². The van der Waals surface area contributed by atoms with Crippen molar-refractivity contribution in [1.82, 2.24) is 5.32 Å². The maximum atomic E-state index is 11.7. The van der Waals surface area contributed by atoms with Gasteiger partial charge in [-0.3, -0.25) is 5.32 Å². The van der Waals surface area contributed by atoms with Crippen molar-refractivity contribution in [2.75, 3.05) is 0 Å². The molecular weight excluding hydrogens is 238 g/mol. The molecule has 0 radical (unpaired) electrons. The third kappa shape index (κ3) is 2.47. The molecule has 19 heavy (non-hydrogen) atoms. The lowest BCUT2D eigenvalue weighted by Gasteiger charge is -2.30. The lowest BCUT2D eigenvalue weighted by Crippen LogP contribution is -2.49. The lowest BCUT2D eigenvalue weighted by atomic mass is 9.87. The Kier molecular flexibility index (Phi) is 3.58. The van der Waals surface area contributed by atoms with Crippen LogP contribution in [0.15, 0.2) is 42.5 Å². The van der Waals surface area contributed by atoms with E-state index in [1.54, 1.807) is 6.92 Å². The SMILES string of the molecule is CC(C)NC(C)(C(=O)O)c1cccc2ccccc12. The van der Waals surface area contributed by atoms with E-state index < -0.39 is 11.5 Å². The van der Waals surface area contributed by atoms with E-state index in [-0.39, 0.29) is 6.04 Å². The number of carboxylic acids is 1. The van der Waals surface area contributed by atoms with E-state index in [4.69, 9.17) is 0 Å². The van der Waals surface area contributed by atoms with Gasteiger partial charge >= 0.3 is 5.97 Å². The molecule has 2 aromatic carbocycles. The topological polar surface area (TPSA) is 49.3 Å². The predicted molar refractivity (Wildman–Crippen MR) is 77.2 cm³/mol. The quantitative estimate of drug-likeness (QED) is 0.884. The van der Waals surface area contributed by atoms with Gasteiger partial charge in [0.15, 0.2) is 0 Å². The molecule has 0 aromatic heterocycles. The van der Waals surface area contributed by atoms with Gasteiger partial charge in [-0.05, 0) is 37.1 Å². The minimum Gasteiger partial charge on any atom is -0.480 e. The molecule has 0 saturated heterocycles. The summed E-state index contributed by atoms with van der Waals surface area (Å²) < 4.78 is 0. The van der Waals surface area contributed by atoms with Crippen LogP contribution < -0.4 is 5.32 Å². The monoisotopic (exact) mass is 257 g/mol. The van der Waals surface area contributed by atoms with Crippen molar-refractivity contribution in [3.8, 4) is 0 Å². The summed E-state index contributed by atoms with van der Waals surface area (Å²) in [7, 11) is 0. The summed E-state index contributed by atoms with van der Waals surface area (Å²) in [6.45, 7) is 5.62. The zero-order chi connectivity index (χ0) is 14.0. The zero-order valence-electron chi connectivity index (χ0n) is 11.5. The second-order valence-corrected chi connectivity index (χ2v) is 5.26. The normalized spacial score (nSPS) is 14.5. The molecule has 0 heterocycles. The molecule has 2 rings (SSSR count). The molecular formula is C16H19NO2. The van der Waals surface area contributed by atoms with Gasteiger partial charge in [-0.25, -0.2) is 4.79 Å². The molecule has 0 saturated carbocycles. The molecule has 3 heteroatoms. The number of rotatable bonds is 4. The van der Waals surface area contributed by atoms with E-state index in [1.165, 1.54) is 0 Å². The summed E-state index contributed by atoms with van der Waals surface area (Å²) in [5.41, 5.74) is -0.290. The first-order valence-electron chi connectivity index (χ1n) is 6.44. The molecule has 0 aliphatic rings. The highest BCUT2D eigenvalue weighted by Gasteiger charge is 2.36. The van der Waals surface area contributed by atoms with E-state index in [1.807, 2.05) is 56.3 Å². The van der Waals surface area contributed by atoms with Crippen LogP contribution in [0.3, 0.4) is 0 Å². The smallest absolute Gasteiger partial charge is 0.328 e. The number of fused-ring (bicyclic) bond motifs is 1. The fourth-order valence-corrected chi connectivity index (χ4v) is 2.49. The van der Waals surface area contributed by atoms with Crippen LogP contribution in [-0.4, -0.2) is 17.1 Å². The van der Waals surface area contributed by atoms with E-state index in [0.29, 0.717) is 0 Å². The van der Waals surface area contributed by atoms with Gasteiger partial charge in [0.1, 0.15) is 5.54 Å². The maximum absolute atomic E-state index is 11.7. The maximum Gasteiger partial charge on any atom is 0.328 e. The molecule has 0 fully saturated rings. The van der Waals surface area contributed by atoms with Crippen LogP contribution >= 0.6 is 0 Å². The van der Waals surface area contributed by atoms with Crippen molar-refractivity contribution < 1.29 is 9.90 Å². The molecule has 2 N–H and O–H groups in total. The minimum atomic E-state index is -1.09. The summed E-state index contributed by atoms with van der Waals surface area (Å²) in [6.07, 6.45) is 0. The van der Waals surface area contributed by atoms with Crippen molar-refractivity contribution in [2.24, 2.45) is 0 Å². The molecule has 0 bridgehead atoms. The summed E-state index contributed by atoms with van der Waals surface area (Å²) in [4.78, 5) is 11.7. The Morgan fingerprint density at radius 1 is 1.16 bits per heavy atom. The van der Waals surface area contributed by atoms with Crippen molar-refractivity contribution in [1.29, 1.82) is 0 Å². The Hall–Kier alpha value is -1.87. The van der Waals surface area contributed by atoms with E-state index in [2.05, 4.69) is 5.32 Å². The van der Waals surface area contributed by atoms with E-state index in [0.717, 1.165) is 16.3 Å². The third-order valence-electron chi connectivity index (χ3n) is 3.33. The molecule has 1 atom stereocenters. The molecule has 0 amide bonds. The number of aliphatic carboxylic acids is 1. The van der Waals surface area contributed by atoms with Crippen LogP contribution in [0.25, 0.3) is 10.8 Å². The highest BCUT2D eigenvalue weighted by Crippen LogP contribution is 2.29. The Balaban J connectivity index is 2.66. The first-order valence-corrected chi connectivity index (χ1v) is 6.44. The molecule has 1 unspecified atom stereocenters. The summed E-state index contributed by atoms with van der Waals surface area (Å²) in [5, 5.41) is 14.8. The van der Waals surface area contributed by atoms with E-state index in [9.17, 15) is 9.90 Å². The van der Waals surface area contributed by atoms with E-state index >= 15 is 0 Å². The van der Waals surface area contributed by atoms with Crippen LogP contribution in [0.1, 0.15) is 26.3 Å². The van der Waals surface area contributed by atoms with Gasteiger partial charge in [-0.15, -0.1) is 0 Å². The van der Waals surface area contributed by atoms with Crippen LogP contribution in [0.4, 0.5) is 0 Å². The first kappa shape index (κ1) is 13.6. The van der Waals surface area contributed by atoms with Crippen molar-refractivity contribution >= 4 is 16.7 Å². The minimum absolute atomic E-state index is 0.0834. The van der Waals surface area contributed by atoms with Gasteiger partial charge in [0, 0.05) is 6.04 Å². The highest BCUT2D eigenvalue weighted by atomic mass is 16.4. The molecule has 2 aromatic rings. The number of hydrogen-bond acceptors (Lipinski definition) is 2. The first-order chi connectivity index (χ1) is 8.95. The zero-order valence-corrected chi connectivity index (χ0v) is 11.5. The number of nitrogens with one attached hydrogen (secondary N) is 1. The molecule has 0 spiro atoms. The summed E-state index contributed by atoms with van der Waals surface area (Å²) in [6, 6.07) is 13.7. The van der Waals surface area contributed by atoms with Gasteiger partial charge in [-0.2, -0.15) is 0 Å². The average Bonchev–Trinajstić information content (AvgIpc) is 2.37. The van der Waals surface area contributed by atoms with Crippen molar-refractivity contribution in [3.63, 3.8) is 0 Å². The molecule has 100 valence electrons. The van der Waals surface area contributed by atoms with Crippen LogP contribution in [0, 0.1) is 0 Å². The van der Waals surface area contributed by atoms with Crippen molar-refractivity contribution in [2.45, 2.75) is 32.4 Å². The third-order valence-corrected chi connectivity index (χ3v) is 3.33. The largest absolute Gasteiger partial charge is 0.480 e. The fraction of sp³-hybridized carbons (Fsp3) is 0.312. The number of carbonyl (C=O) groups is 1. The van der Waals surface area contributed by atoms with Gasteiger partial charge in [0.2, 0.25) is 0 Å². The molecule has 0 aliphatic heterocycles. The summed E-state index contributed by atoms with van der Waals surface area (Å²) in [5.74, 6) is -0.863.